The lowest BCUT2D eigenvalue weighted by Crippen LogP contribution is -2.14. The molecular formula is C12H20N2. The minimum absolute atomic E-state index is 0.159. The molecule has 0 aliphatic rings. The summed E-state index contributed by atoms with van der Waals surface area (Å²) in [7, 11) is 0. The summed E-state index contributed by atoms with van der Waals surface area (Å²) in [6, 6.07) is 4.25. The first-order valence-corrected chi connectivity index (χ1v) is 5.31. The number of hydrogen-bond acceptors (Lipinski definition) is 2. The number of rotatable bonds is 4. The van der Waals surface area contributed by atoms with E-state index in [1.54, 1.807) is 0 Å². The maximum Gasteiger partial charge on any atom is 0.0375 e. The molecule has 0 bridgehead atoms. The molecule has 0 fully saturated rings. The van der Waals surface area contributed by atoms with Crippen molar-refractivity contribution < 1.29 is 0 Å². The van der Waals surface area contributed by atoms with E-state index in [0.717, 1.165) is 12.1 Å². The molecule has 0 saturated heterocycles. The zero-order valence-electron chi connectivity index (χ0n) is 9.33. The normalized spacial score (nSPS) is 15.1. The predicted molar refractivity (Wildman–Crippen MR) is 60.0 cm³/mol. The van der Waals surface area contributed by atoms with Gasteiger partial charge in [0.1, 0.15) is 0 Å². The van der Waals surface area contributed by atoms with Gasteiger partial charge in [-0.15, -0.1) is 0 Å². The summed E-state index contributed by atoms with van der Waals surface area (Å²) < 4.78 is 0. The van der Waals surface area contributed by atoms with Crippen LogP contribution in [0.5, 0.6) is 0 Å². The lowest BCUT2D eigenvalue weighted by atomic mass is 9.95. The molecule has 0 radical (unpaired) electrons. The van der Waals surface area contributed by atoms with E-state index >= 15 is 0 Å². The lowest BCUT2D eigenvalue weighted by Gasteiger charge is -2.16. The summed E-state index contributed by atoms with van der Waals surface area (Å²) in [6.45, 7) is 6.45. The molecule has 2 unspecified atom stereocenters. The van der Waals surface area contributed by atoms with Gasteiger partial charge in [0, 0.05) is 17.9 Å². The molecule has 2 atom stereocenters. The number of pyridine rings is 1. The quantitative estimate of drug-likeness (QED) is 0.796. The van der Waals surface area contributed by atoms with Crippen LogP contribution in [0.4, 0.5) is 0 Å². The molecule has 1 heterocycles. The summed E-state index contributed by atoms with van der Waals surface area (Å²) in [5, 5.41) is 0. The van der Waals surface area contributed by atoms with E-state index in [2.05, 4.69) is 24.9 Å². The van der Waals surface area contributed by atoms with Crippen molar-refractivity contribution >= 4 is 0 Å². The van der Waals surface area contributed by atoms with Crippen molar-refractivity contribution in [2.45, 2.75) is 39.7 Å². The van der Waals surface area contributed by atoms with Crippen LogP contribution in [0.3, 0.4) is 0 Å². The van der Waals surface area contributed by atoms with Crippen molar-refractivity contribution in [3.05, 3.63) is 29.6 Å². The molecule has 0 aliphatic heterocycles. The van der Waals surface area contributed by atoms with Crippen LogP contribution in [-0.2, 0) is 0 Å². The second kappa shape index (κ2) is 5.11. The average molecular weight is 192 g/mol. The van der Waals surface area contributed by atoms with Crippen LogP contribution >= 0.6 is 0 Å². The second-order valence-corrected chi connectivity index (χ2v) is 4.09. The Balaban J connectivity index is 2.64. The predicted octanol–water partition coefficient (Wildman–Crippen LogP) is 2.83. The van der Waals surface area contributed by atoms with Crippen molar-refractivity contribution in [3.63, 3.8) is 0 Å². The van der Waals surface area contributed by atoms with Crippen LogP contribution in [0, 0.1) is 12.8 Å². The molecular weight excluding hydrogens is 172 g/mol. The Morgan fingerprint density at radius 2 is 2.21 bits per heavy atom. The third kappa shape index (κ3) is 3.11. The molecule has 1 aromatic heterocycles. The molecule has 0 aliphatic carbocycles. The first-order valence-electron chi connectivity index (χ1n) is 5.31. The summed E-state index contributed by atoms with van der Waals surface area (Å²) in [6.07, 6.45) is 4.08. The Morgan fingerprint density at radius 3 is 2.79 bits per heavy atom. The van der Waals surface area contributed by atoms with Gasteiger partial charge in [-0.2, -0.15) is 0 Å². The van der Waals surface area contributed by atoms with Crippen molar-refractivity contribution in [3.8, 4) is 0 Å². The Hall–Kier alpha value is -0.890. The summed E-state index contributed by atoms with van der Waals surface area (Å²) in [5.41, 5.74) is 8.36. The van der Waals surface area contributed by atoms with Gasteiger partial charge in [0.05, 0.1) is 0 Å². The molecule has 0 spiro atoms. The highest BCUT2D eigenvalue weighted by molar-refractivity contribution is 5.18. The molecule has 2 N–H and O–H groups in total. The summed E-state index contributed by atoms with van der Waals surface area (Å²) in [5.74, 6) is 0.693. The van der Waals surface area contributed by atoms with Crippen LogP contribution in [0.25, 0.3) is 0 Å². The summed E-state index contributed by atoms with van der Waals surface area (Å²) in [4.78, 5) is 4.17. The van der Waals surface area contributed by atoms with Crippen molar-refractivity contribution in [1.82, 2.24) is 4.98 Å². The fourth-order valence-electron chi connectivity index (χ4n) is 1.53. The molecule has 78 valence electrons. The minimum Gasteiger partial charge on any atom is -0.324 e. The number of nitrogens with two attached hydrogens (primary N) is 1. The topological polar surface area (TPSA) is 38.9 Å². The van der Waals surface area contributed by atoms with E-state index in [-0.39, 0.29) is 6.04 Å². The molecule has 2 nitrogen and oxygen atoms in total. The highest BCUT2D eigenvalue weighted by Crippen LogP contribution is 2.20. The Bertz CT molecular complexity index is 283. The number of aromatic nitrogens is 1. The number of hydrogen-bond donors (Lipinski definition) is 1. The van der Waals surface area contributed by atoms with Crippen LogP contribution in [0.2, 0.25) is 0 Å². The van der Waals surface area contributed by atoms with Gasteiger partial charge in [-0.05, 0) is 37.0 Å². The van der Waals surface area contributed by atoms with Crippen LogP contribution in [-0.4, -0.2) is 4.98 Å². The average Bonchev–Trinajstić information content (AvgIpc) is 2.17. The molecule has 14 heavy (non-hydrogen) atoms. The molecule has 0 aromatic carbocycles. The fraction of sp³-hybridized carbons (Fsp3) is 0.583. The molecule has 2 heteroatoms. The SMILES string of the molecule is CCC(C)CC(N)c1ccnc(C)c1. The van der Waals surface area contributed by atoms with Gasteiger partial charge in [0.15, 0.2) is 0 Å². The zero-order valence-corrected chi connectivity index (χ0v) is 9.33. The largest absolute Gasteiger partial charge is 0.324 e. The van der Waals surface area contributed by atoms with Gasteiger partial charge in [0.25, 0.3) is 0 Å². The number of aryl methyl sites for hydroxylation is 1. The van der Waals surface area contributed by atoms with Gasteiger partial charge >= 0.3 is 0 Å². The third-order valence-corrected chi connectivity index (χ3v) is 2.70. The first kappa shape index (κ1) is 11.2. The Kier molecular flexibility index (Phi) is 4.08. The van der Waals surface area contributed by atoms with Crippen LogP contribution < -0.4 is 5.73 Å². The molecule has 0 saturated carbocycles. The van der Waals surface area contributed by atoms with E-state index in [0.29, 0.717) is 5.92 Å². The second-order valence-electron chi connectivity index (χ2n) is 4.09. The zero-order chi connectivity index (χ0) is 10.6. The maximum atomic E-state index is 6.11. The van der Waals surface area contributed by atoms with Gasteiger partial charge in [-0.3, -0.25) is 4.98 Å². The van der Waals surface area contributed by atoms with E-state index < -0.39 is 0 Å². The van der Waals surface area contributed by atoms with Crippen LogP contribution in [0.15, 0.2) is 18.3 Å². The monoisotopic (exact) mass is 192 g/mol. The lowest BCUT2D eigenvalue weighted by molar-refractivity contribution is 0.461. The van der Waals surface area contributed by atoms with Gasteiger partial charge in [0.2, 0.25) is 0 Å². The first-order chi connectivity index (χ1) is 6.63. The van der Waals surface area contributed by atoms with E-state index in [1.165, 1.54) is 12.0 Å². The molecule has 0 amide bonds. The van der Waals surface area contributed by atoms with Gasteiger partial charge in [-0.1, -0.05) is 20.3 Å². The van der Waals surface area contributed by atoms with Gasteiger partial charge in [-0.25, -0.2) is 0 Å². The highest BCUT2D eigenvalue weighted by Gasteiger charge is 2.09. The fourth-order valence-corrected chi connectivity index (χ4v) is 1.53. The van der Waals surface area contributed by atoms with Crippen molar-refractivity contribution in [2.75, 3.05) is 0 Å². The van der Waals surface area contributed by atoms with Crippen LogP contribution in [0.1, 0.15) is 44.0 Å². The standard InChI is InChI=1S/C12H20N2/c1-4-9(2)7-12(13)11-5-6-14-10(3)8-11/h5-6,8-9,12H,4,7,13H2,1-3H3. The third-order valence-electron chi connectivity index (χ3n) is 2.70. The number of nitrogens with zero attached hydrogens (tertiary/aromatic N) is 1. The van der Waals surface area contributed by atoms with E-state index in [1.807, 2.05) is 19.2 Å². The minimum atomic E-state index is 0.159. The van der Waals surface area contributed by atoms with E-state index in [4.69, 9.17) is 5.73 Å². The van der Waals surface area contributed by atoms with E-state index in [9.17, 15) is 0 Å². The van der Waals surface area contributed by atoms with Gasteiger partial charge < -0.3 is 5.73 Å². The van der Waals surface area contributed by atoms with Crippen molar-refractivity contribution in [2.24, 2.45) is 11.7 Å². The smallest absolute Gasteiger partial charge is 0.0375 e. The van der Waals surface area contributed by atoms with Crippen molar-refractivity contribution in [1.29, 1.82) is 0 Å². The summed E-state index contributed by atoms with van der Waals surface area (Å²) >= 11 is 0. The Labute approximate surface area is 86.5 Å². The highest BCUT2D eigenvalue weighted by atomic mass is 14.7. The Morgan fingerprint density at radius 1 is 1.50 bits per heavy atom. The molecule has 1 rings (SSSR count). The maximum absolute atomic E-state index is 6.11. The molecule has 1 aromatic rings.